The molecule has 0 spiro atoms. The molecule has 0 amide bonds. The highest BCUT2D eigenvalue weighted by molar-refractivity contribution is 7.13. The number of hydrogen-bond acceptors (Lipinski definition) is 5. The Morgan fingerprint density at radius 2 is 2.24 bits per heavy atom. The molecule has 1 saturated heterocycles. The van der Waals surface area contributed by atoms with Crippen molar-refractivity contribution in [2.24, 2.45) is 16.8 Å². The average Bonchev–Trinajstić information content (AvgIpc) is 3.04. The van der Waals surface area contributed by atoms with Gasteiger partial charge in [0.25, 0.3) is 0 Å². The Labute approximate surface area is 156 Å². The Balaban J connectivity index is 1.74. The molecule has 142 valence electrons. The second kappa shape index (κ2) is 9.97. The van der Waals surface area contributed by atoms with Crippen molar-refractivity contribution in [1.29, 1.82) is 0 Å². The van der Waals surface area contributed by atoms with Crippen molar-refractivity contribution in [3.8, 4) is 0 Å². The summed E-state index contributed by atoms with van der Waals surface area (Å²) in [6.45, 7) is 9.94. The van der Waals surface area contributed by atoms with E-state index in [1.807, 2.05) is 26.0 Å². The zero-order chi connectivity index (χ0) is 18.2. The van der Waals surface area contributed by atoms with Crippen LogP contribution in [0, 0.1) is 11.8 Å². The van der Waals surface area contributed by atoms with Crippen molar-refractivity contribution in [3.63, 3.8) is 0 Å². The molecule has 0 aromatic carbocycles. The van der Waals surface area contributed by atoms with Crippen molar-refractivity contribution < 1.29 is 0 Å². The Morgan fingerprint density at radius 3 is 2.88 bits per heavy atom. The van der Waals surface area contributed by atoms with Gasteiger partial charge in [-0.15, -0.1) is 11.3 Å². The van der Waals surface area contributed by atoms with Crippen LogP contribution in [-0.2, 0) is 6.54 Å². The Bertz CT molecular complexity index is 539. The highest BCUT2D eigenvalue weighted by Gasteiger charge is 2.20. The van der Waals surface area contributed by atoms with E-state index in [9.17, 15) is 0 Å². The Hall–Kier alpha value is -1.34. The van der Waals surface area contributed by atoms with Gasteiger partial charge in [0.2, 0.25) is 0 Å². The summed E-state index contributed by atoms with van der Waals surface area (Å²) in [5.41, 5.74) is 1.05. The van der Waals surface area contributed by atoms with E-state index in [0.717, 1.165) is 29.2 Å². The van der Waals surface area contributed by atoms with Gasteiger partial charge in [0.15, 0.2) is 11.1 Å². The number of piperidine rings is 1. The monoisotopic (exact) mass is 366 g/mol. The summed E-state index contributed by atoms with van der Waals surface area (Å²) in [7, 11) is 5.86. The molecular weight excluding hydrogens is 332 g/mol. The number of thiazole rings is 1. The topological polar surface area (TPSA) is 55.8 Å². The number of likely N-dealkylation sites (tertiary alicyclic amines) is 1. The number of nitrogens with one attached hydrogen (secondary N) is 2. The smallest absolute Gasteiger partial charge is 0.191 e. The molecule has 0 bridgehead atoms. The van der Waals surface area contributed by atoms with Crippen LogP contribution in [0.15, 0.2) is 10.4 Å². The quantitative estimate of drug-likeness (QED) is 0.573. The summed E-state index contributed by atoms with van der Waals surface area (Å²) in [4.78, 5) is 13.6. The van der Waals surface area contributed by atoms with E-state index in [2.05, 4.69) is 44.7 Å². The lowest BCUT2D eigenvalue weighted by molar-refractivity contribution is 0.159. The minimum absolute atomic E-state index is 0.700. The minimum Gasteiger partial charge on any atom is -0.356 e. The van der Waals surface area contributed by atoms with Crippen LogP contribution in [0.2, 0.25) is 0 Å². The molecule has 6 nitrogen and oxygen atoms in total. The predicted octanol–water partition coefficient (Wildman–Crippen LogP) is 2.24. The van der Waals surface area contributed by atoms with Gasteiger partial charge in [0, 0.05) is 46.2 Å². The van der Waals surface area contributed by atoms with E-state index in [1.165, 1.54) is 32.5 Å². The standard InChI is InChI=1S/C18H34N6S/c1-14(2)11-24-8-6-7-15(12-24)9-20-17(19-3)21-10-16-13-25-18(22-16)23(4)5/h13-15H,6-12H2,1-5H3,(H2,19,20,21). The van der Waals surface area contributed by atoms with E-state index in [4.69, 9.17) is 0 Å². The maximum atomic E-state index is 4.60. The lowest BCUT2D eigenvalue weighted by Gasteiger charge is -2.34. The van der Waals surface area contributed by atoms with Crippen LogP contribution in [0.5, 0.6) is 0 Å². The van der Waals surface area contributed by atoms with E-state index >= 15 is 0 Å². The summed E-state index contributed by atoms with van der Waals surface area (Å²) in [6, 6.07) is 0. The van der Waals surface area contributed by atoms with Crippen molar-refractivity contribution in [3.05, 3.63) is 11.1 Å². The maximum Gasteiger partial charge on any atom is 0.191 e. The molecule has 25 heavy (non-hydrogen) atoms. The average molecular weight is 367 g/mol. The van der Waals surface area contributed by atoms with Gasteiger partial charge >= 0.3 is 0 Å². The second-order valence-electron chi connectivity index (χ2n) is 7.48. The van der Waals surface area contributed by atoms with Crippen molar-refractivity contribution in [2.45, 2.75) is 33.2 Å². The Morgan fingerprint density at radius 1 is 1.44 bits per heavy atom. The molecular formula is C18H34N6S. The Kier molecular flexibility index (Phi) is 7.96. The SMILES string of the molecule is CN=C(NCc1csc(N(C)C)n1)NCC1CCCN(CC(C)C)C1. The molecule has 0 radical (unpaired) electrons. The van der Waals surface area contributed by atoms with Crippen LogP contribution >= 0.6 is 11.3 Å². The van der Waals surface area contributed by atoms with E-state index in [0.29, 0.717) is 12.5 Å². The van der Waals surface area contributed by atoms with E-state index < -0.39 is 0 Å². The summed E-state index contributed by atoms with van der Waals surface area (Å²) >= 11 is 1.67. The highest BCUT2D eigenvalue weighted by atomic mass is 32.1. The number of rotatable bonds is 7. The maximum absolute atomic E-state index is 4.60. The molecule has 1 atom stereocenters. The lowest BCUT2D eigenvalue weighted by atomic mass is 9.97. The van der Waals surface area contributed by atoms with Crippen LogP contribution in [0.25, 0.3) is 0 Å². The zero-order valence-corrected chi connectivity index (χ0v) is 17.2. The van der Waals surface area contributed by atoms with Gasteiger partial charge in [-0.2, -0.15) is 0 Å². The number of nitrogens with zero attached hydrogens (tertiary/aromatic N) is 4. The number of aromatic nitrogens is 1. The first-order chi connectivity index (χ1) is 12.0. The van der Waals surface area contributed by atoms with Gasteiger partial charge in [0.1, 0.15) is 0 Å². The molecule has 2 N–H and O–H groups in total. The summed E-state index contributed by atoms with van der Waals surface area (Å²) < 4.78 is 0. The number of anilines is 1. The zero-order valence-electron chi connectivity index (χ0n) is 16.4. The van der Waals surface area contributed by atoms with E-state index in [-0.39, 0.29) is 0 Å². The van der Waals surface area contributed by atoms with Gasteiger partial charge in [-0.1, -0.05) is 13.8 Å². The fourth-order valence-corrected chi connectivity index (χ4v) is 3.98. The van der Waals surface area contributed by atoms with Gasteiger partial charge in [0.05, 0.1) is 12.2 Å². The predicted molar refractivity (Wildman–Crippen MR) is 109 cm³/mol. The molecule has 1 aliphatic rings. The fraction of sp³-hybridized carbons (Fsp3) is 0.778. The van der Waals surface area contributed by atoms with Gasteiger partial charge < -0.3 is 20.4 Å². The van der Waals surface area contributed by atoms with Crippen molar-refractivity contribution in [2.75, 3.05) is 52.2 Å². The van der Waals surface area contributed by atoms with Crippen LogP contribution in [0.4, 0.5) is 5.13 Å². The third-order valence-corrected chi connectivity index (χ3v) is 5.42. The second-order valence-corrected chi connectivity index (χ2v) is 8.32. The molecule has 7 heteroatoms. The largest absolute Gasteiger partial charge is 0.356 e. The highest BCUT2D eigenvalue weighted by Crippen LogP contribution is 2.18. The van der Waals surface area contributed by atoms with Crippen molar-refractivity contribution in [1.82, 2.24) is 20.5 Å². The fourth-order valence-electron chi connectivity index (χ4n) is 3.22. The number of guanidine groups is 1. The summed E-state index contributed by atoms with van der Waals surface area (Å²) in [6.07, 6.45) is 2.61. The van der Waals surface area contributed by atoms with Crippen LogP contribution in [0.3, 0.4) is 0 Å². The first-order valence-electron chi connectivity index (χ1n) is 9.26. The lowest BCUT2D eigenvalue weighted by Crippen LogP contribution is -2.45. The summed E-state index contributed by atoms with van der Waals surface area (Å²) in [5, 5.41) is 9.99. The van der Waals surface area contributed by atoms with Gasteiger partial charge in [-0.05, 0) is 31.2 Å². The summed E-state index contributed by atoms with van der Waals surface area (Å²) in [5.74, 6) is 2.30. The number of hydrogen-bond donors (Lipinski definition) is 2. The third-order valence-electron chi connectivity index (χ3n) is 4.37. The van der Waals surface area contributed by atoms with E-state index in [1.54, 1.807) is 11.3 Å². The molecule has 1 aliphatic heterocycles. The molecule has 2 heterocycles. The minimum atomic E-state index is 0.700. The molecule has 1 fully saturated rings. The molecule has 1 unspecified atom stereocenters. The molecule has 2 rings (SSSR count). The third kappa shape index (κ3) is 6.82. The van der Waals surface area contributed by atoms with Crippen LogP contribution < -0.4 is 15.5 Å². The van der Waals surface area contributed by atoms with Crippen molar-refractivity contribution >= 4 is 22.4 Å². The van der Waals surface area contributed by atoms with Gasteiger partial charge in [-0.3, -0.25) is 4.99 Å². The normalized spacial score (nSPS) is 19.3. The van der Waals surface area contributed by atoms with Gasteiger partial charge in [-0.25, -0.2) is 4.98 Å². The molecule has 1 aromatic heterocycles. The van der Waals surface area contributed by atoms with Crippen LogP contribution in [-0.4, -0.2) is 63.2 Å². The molecule has 1 aromatic rings. The molecule has 0 aliphatic carbocycles. The first-order valence-corrected chi connectivity index (χ1v) is 10.1. The molecule has 0 saturated carbocycles. The number of aliphatic imine (C=N–C) groups is 1. The first kappa shape index (κ1) is 20.0. The van der Waals surface area contributed by atoms with Crippen LogP contribution in [0.1, 0.15) is 32.4 Å².